The highest BCUT2D eigenvalue weighted by molar-refractivity contribution is 4.80. The molecule has 2 rings (SSSR count). The van der Waals surface area contributed by atoms with Crippen LogP contribution < -0.4 is 5.32 Å². The van der Waals surface area contributed by atoms with Crippen molar-refractivity contribution in [3.63, 3.8) is 0 Å². The molecule has 0 spiro atoms. The Balaban J connectivity index is 1.41. The minimum Gasteiger partial charge on any atom is -0.381 e. The average Bonchev–Trinajstić information content (AvgIpc) is 3.03. The Morgan fingerprint density at radius 2 is 1.79 bits per heavy atom. The van der Waals surface area contributed by atoms with Gasteiger partial charge >= 0.3 is 0 Å². The van der Waals surface area contributed by atoms with Gasteiger partial charge in [-0.15, -0.1) is 0 Å². The van der Waals surface area contributed by atoms with E-state index in [1.54, 1.807) is 0 Å². The highest BCUT2D eigenvalue weighted by Crippen LogP contribution is 2.21. The number of hydrogen-bond acceptors (Lipinski definition) is 2. The second-order valence-corrected chi connectivity index (χ2v) is 4.78. The SMILES string of the molecule is C(CCC1CCOCC1)CNC1CC1. The van der Waals surface area contributed by atoms with Gasteiger partial charge in [0.15, 0.2) is 0 Å². The summed E-state index contributed by atoms with van der Waals surface area (Å²) >= 11 is 0. The Hall–Kier alpha value is -0.0800. The van der Waals surface area contributed by atoms with Crippen LogP contribution in [0.1, 0.15) is 44.9 Å². The van der Waals surface area contributed by atoms with Crippen LogP contribution in [0.25, 0.3) is 0 Å². The van der Waals surface area contributed by atoms with Crippen molar-refractivity contribution in [2.24, 2.45) is 5.92 Å². The first-order valence-corrected chi connectivity index (χ1v) is 6.26. The molecule has 0 aromatic rings. The fourth-order valence-electron chi connectivity index (χ4n) is 2.19. The van der Waals surface area contributed by atoms with Crippen LogP contribution in [0, 0.1) is 5.92 Å². The molecule has 82 valence electrons. The summed E-state index contributed by atoms with van der Waals surface area (Å²) in [5, 5.41) is 3.57. The molecule has 1 saturated carbocycles. The normalized spacial score (nSPS) is 24.0. The molecule has 14 heavy (non-hydrogen) atoms. The van der Waals surface area contributed by atoms with Crippen molar-refractivity contribution in [2.45, 2.75) is 51.0 Å². The summed E-state index contributed by atoms with van der Waals surface area (Å²) in [5.74, 6) is 0.963. The van der Waals surface area contributed by atoms with Gasteiger partial charge in [-0.2, -0.15) is 0 Å². The number of nitrogens with one attached hydrogen (secondary N) is 1. The van der Waals surface area contributed by atoms with Crippen LogP contribution >= 0.6 is 0 Å². The molecular formula is C12H23NO. The van der Waals surface area contributed by atoms with Gasteiger partial charge in [0.1, 0.15) is 0 Å². The molecule has 1 aliphatic heterocycles. The van der Waals surface area contributed by atoms with E-state index in [1.165, 1.54) is 51.5 Å². The molecule has 0 radical (unpaired) electrons. The third-order valence-electron chi connectivity index (χ3n) is 3.39. The lowest BCUT2D eigenvalue weighted by Gasteiger charge is -2.21. The van der Waals surface area contributed by atoms with Gasteiger partial charge in [0.05, 0.1) is 0 Å². The second-order valence-electron chi connectivity index (χ2n) is 4.78. The van der Waals surface area contributed by atoms with Crippen LogP contribution in [0.2, 0.25) is 0 Å². The largest absolute Gasteiger partial charge is 0.381 e. The quantitative estimate of drug-likeness (QED) is 0.660. The van der Waals surface area contributed by atoms with E-state index in [-0.39, 0.29) is 0 Å². The molecule has 2 nitrogen and oxygen atoms in total. The van der Waals surface area contributed by atoms with Crippen molar-refractivity contribution in [3.05, 3.63) is 0 Å². The van der Waals surface area contributed by atoms with E-state index in [0.29, 0.717) is 0 Å². The maximum Gasteiger partial charge on any atom is 0.0468 e. The zero-order valence-corrected chi connectivity index (χ0v) is 9.13. The van der Waals surface area contributed by atoms with Crippen molar-refractivity contribution in [1.82, 2.24) is 5.32 Å². The summed E-state index contributed by atoms with van der Waals surface area (Å²) in [5.41, 5.74) is 0. The first kappa shape index (κ1) is 10.4. The van der Waals surface area contributed by atoms with Gasteiger partial charge in [-0.3, -0.25) is 0 Å². The average molecular weight is 197 g/mol. The highest BCUT2D eigenvalue weighted by Gasteiger charge is 2.19. The monoisotopic (exact) mass is 197 g/mol. The van der Waals surface area contributed by atoms with E-state index in [0.717, 1.165) is 25.2 Å². The number of unbranched alkanes of at least 4 members (excludes halogenated alkanes) is 1. The van der Waals surface area contributed by atoms with Crippen molar-refractivity contribution >= 4 is 0 Å². The van der Waals surface area contributed by atoms with Crippen LogP contribution in [0.5, 0.6) is 0 Å². The van der Waals surface area contributed by atoms with Gasteiger partial charge in [-0.05, 0) is 44.6 Å². The van der Waals surface area contributed by atoms with E-state index in [1.807, 2.05) is 0 Å². The van der Waals surface area contributed by atoms with Crippen LogP contribution in [-0.2, 0) is 4.74 Å². The molecule has 0 aromatic heterocycles. The molecule has 2 fully saturated rings. The first-order chi connectivity index (χ1) is 6.95. The molecule has 1 saturated heterocycles. The summed E-state index contributed by atoms with van der Waals surface area (Å²) in [6.45, 7) is 3.25. The van der Waals surface area contributed by atoms with Gasteiger partial charge in [0, 0.05) is 19.3 Å². The third kappa shape index (κ3) is 3.97. The summed E-state index contributed by atoms with van der Waals surface area (Å²) in [6, 6.07) is 0.887. The second kappa shape index (κ2) is 5.72. The predicted octanol–water partition coefficient (Wildman–Crippen LogP) is 2.34. The summed E-state index contributed by atoms with van der Waals surface area (Å²) in [4.78, 5) is 0. The standard InChI is InChI=1S/C12H23NO/c1(2-8-13-12-4-5-12)3-11-6-9-14-10-7-11/h11-13H,1-10H2. The minimum atomic E-state index is 0.887. The van der Waals surface area contributed by atoms with Gasteiger partial charge in [-0.1, -0.05) is 12.8 Å². The van der Waals surface area contributed by atoms with Crippen molar-refractivity contribution in [1.29, 1.82) is 0 Å². The molecule has 1 aliphatic carbocycles. The van der Waals surface area contributed by atoms with Gasteiger partial charge in [0.25, 0.3) is 0 Å². The number of rotatable bonds is 6. The van der Waals surface area contributed by atoms with Gasteiger partial charge in [-0.25, -0.2) is 0 Å². The molecule has 0 atom stereocenters. The van der Waals surface area contributed by atoms with Crippen LogP contribution in [0.3, 0.4) is 0 Å². The van der Waals surface area contributed by atoms with Crippen LogP contribution in [0.15, 0.2) is 0 Å². The predicted molar refractivity (Wildman–Crippen MR) is 58.4 cm³/mol. The molecule has 1 N–H and O–H groups in total. The fraction of sp³-hybridized carbons (Fsp3) is 1.00. The molecule has 0 amide bonds. The van der Waals surface area contributed by atoms with E-state index >= 15 is 0 Å². The van der Waals surface area contributed by atoms with Crippen LogP contribution in [-0.4, -0.2) is 25.8 Å². The van der Waals surface area contributed by atoms with Crippen molar-refractivity contribution in [2.75, 3.05) is 19.8 Å². The smallest absolute Gasteiger partial charge is 0.0468 e. The first-order valence-electron chi connectivity index (χ1n) is 6.26. The summed E-state index contributed by atoms with van der Waals surface area (Å²) in [6.07, 6.45) is 9.64. The topological polar surface area (TPSA) is 21.3 Å². The lowest BCUT2D eigenvalue weighted by atomic mass is 9.94. The Morgan fingerprint density at radius 3 is 2.50 bits per heavy atom. The van der Waals surface area contributed by atoms with E-state index in [2.05, 4.69) is 5.32 Å². The summed E-state index contributed by atoms with van der Waals surface area (Å²) in [7, 11) is 0. The molecular weight excluding hydrogens is 174 g/mol. The fourth-order valence-corrected chi connectivity index (χ4v) is 2.19. The molecule has 2 heteroatoms. The third-order valence-corrected chi connectivity index (χ3v) is 3.39. The van der Waals surface area contributed by atoms with E-state index in [9.17, 15) is 0 Å². The van der Waals surface area contributed by atoms with Crippen molar-refractivity contribution in [3.8, 4) is 0 Å². The molecule has 0 bridgehead atoms. The van der Waals surface area contributed by atoms with E-state index in [4.69, 9.17) is 4.74 Å². The maximum absolute atomic E-state index is 5.35. The van der Waals surface area contributed by atoms with Crippen LogP contribution in [0.4, 0.5) is 0 Å². The van der Waals surface area contributed by atoms with Gasteiger partial charge < -0.3 is 10.1 Å². The summed E-state index contributed by atoms with van der Waals surface area (Å²) < 4.78 is 5.35. The van der Waals surface area contributed by atoms with Gasteiger partial charge in [0.2, 0.25) is 0 Å². The van der Waals surface area contributed by atoms with E-state index < -0.39 is 0 Å². The maximum atomic E-state index is 5.35. The Kier molecular flexibility index (Phi) is 4.26. The molecule has 1 heterocycles. The molecule has 0 unspecified atom stereocenters. The minimum absolute atomic E-state index is 0.887. The highest BCUT2D eigenvalue weighted by atomic mass is 16.5. The molecule has 2 aliphatic rings. The lowest BCUT2D eigenvalue weighted by molar-refractivity contribution is 0.0632. The zero-order valence-electron chi connectivity index (χ0n) is 9.13. The van der Waals surface area contributed by atoms with Crippen molar-refractivity contribution < 1.29 is 4.74 Å². The number of hydrogen-bond donors (Lipinski definition) is 1. The zero-order chi connectivity index (χ0) is 9.64. The Bertz CT molecular complexity index is 150. The lowest BCUT2D eigenvalue weighted by Crippen LogP contribution is -2.18. The Morgan fingerprint density at radius 1 is 1.00 bits per heavy atom. The number of ether oxygens (including phenoxy) is 1. The molecule has 0 aromatic carbocycles. The Labute approximate surface area is 87.4 Å².